The standard InChI is InChI=1S/C19H24N2O4S/c1-5-20-17-10-8-15(19(22)25-6-2)12-18(17)21-26(23,24)16-9-7-13(3)14(4)11-16/h7-12,20-21H,5-6H2,1-4H3. The number of anilines is 2. The first kappa shape index (κ1) is 19.8. The minimum absolute atomic E-state index is 0.171. The number of hydrogen-bond acceptors (Lipinski definition) is 5. The summed E-state index contributed by atoms with van der Waals surface area (Å²) in [5.74, 6) is -0.498. The first-order chi connectivity index (χ1) is 12.3. The molecule has 2 aromatic rings. The van der Waals surface area contributed by atoms with E-state index in [0.717, 1.165) is 11.1 Å². The van der Waals surface area contributed by atoms with Crippen molar-refractivity contribution in [3.63, 3.8) is 0 Å². The van der Waals surface area contributed by atoms with Gasteiger partial charge in [-0.1, -0.05) is 6.07 Å². The van der Waals surface area contributed by atoms with Crippen LogP contribution in [0.4, 0.5) is 11.4 Å². The third-order valence-corrected chi connectivity index (χ3v) is 5.29. The number of ether oxygens (including phenoxy) is 1. The smallest absolute Gasteiger partial charge is 0.338 e. The summed E-state index contributed by atoms with van der Waals surface area (Å²) >= 11 is 0. The second-order valence-corrected chi connectivity index (χ2v) is 7.55. The number of hydrogen-bond donors (Lipinski definition) is 2. The third kappa shape index (κ3) is 4.54. The Morgan fingerprint density at radius 2 is 1.73 bits per heavy atom. The molecule has 0 saturated heterocycles. The van der Waals surface area contributed by atoms with Crippen LogP contribution >= 0.6 is 0 Å². The summed E-state index contributed by atoms with van der Waals surface area (Å²) in [5, 5.41) is 3.09. The molecule has 2 N–H and O–H groups in total. The molecular weight excluding hydrogens is 352 g/mol. The fraction of sp³-hybridized carbons (Fsp3) is 0.316. The van der Waals surface area contributed by atoms with E-state index in [-0.39, 0.29) is 17.1 Å². The molecule has 0 unspecified atom stereocenters. The maximum atomic E-state index is 12.8. The highest BCUT2D eigenvalue weighted by atomic mass is 32.2. The van der Waals surface area contributed by atoms with Gasteiger partial charge in [0.1, 0.15) is 0 Å². The average molecular weight is 376 g/mol. The largest absolute Gasteiger partial charge is 0.462 e. The van der Waals surface area contributed by atoms with E-state index >= 15 is 0 Å². The minimum Gasteiger partial charge on any atom is -0.462 e. The van der Waals surface area contributed by atoms with Gasteiger partial charge in [-0.05, 0) is 69.2 Å². The Kier molecular flexibility index (Phi) is 6.26. The monoisotopic (exact) mass is 376 g/mol. The van der Waals surface area contributed by atoms with Gasteiger partial charge >= 0.3 is 5.97 Å². The van der Waals surface area contributed by atoms with Gasteiger partial charge in [0.15, 0.2) is 0 Å². The van der Waals surface area contributed by atoms with Gasteiger partial charge in [-0.25, -0.2) is 13.2 Å². The average Bonchev–Trinajstić information content (AvgIpc) is 2.59. The number of rotatable bonds is 7. The molecule has 2 rings (SSSR count). The van der Waals surface area contributed by atoms with E-state index in [1.165, 1.54) is 6.07 Å². The summed E-state index contributed by atoms with van der Waals surface area (Å²) in [6.45, 7) is 8.26. The van der Waals surface area contributed by atoms with E-state index < -0.39 is 16.0 Å². The summed E-state index contributed by atoms with van der Waals surface area (Å²) in [6.07, 6.45) is 0. The summed E-state index contributed by atoms with van der Waals surface area (Å²) in [4.78, 5) is 12.1. The van der Waals surface area contributed by atoms with E-state index in [2.05, 4.69) is 10.0 Å². The highest BCUT2D eigenvalue weighted by Gasteiger charge is 2.18. The van der Waals surface area contributed by atoms with Crippen molar-refractivity contribution >= 4 is 27.4 Å². The van der Waals surface area contributed by atoms with Gasteiger partial charge in [0, 0.05) is 6.54 Å². The Balaban J connectivity index is 2.42. The highest BCUT2D eigenvalue weighted by Crippen LogP contribution is 2.27. The third-order valence-electron chi connectivity index (χ3n) is 3.93. The predicted molar refractivity (Wildman–Crippen MR) is 103 cm³/mol. The molecule has 7 heteroatoms. The van der Waals surface area contributed by atoms with Crippen molar-refractivity contribution in [3.05, 3.63) is 53.1 Å². The molecule has 0 heterocycles. The molecule has 0 aromatic heterocycles. The number of nitrogens with one attached hydrogen (secondary N) is 2. The van der Waals surface area contributed by atoms with E-state index in [1.807, 2.05) is 20.8 Å². The number of sulfonamides is 1. The van der Waals surface area contributed by atoms with Crippen molar-refractivity contribution < 1.29 is 17.9 Å². The number of benzene rings is 2. The molecular formula is C19H24N2O4S. The summed E-state index contributed by atoms with van der Waals surface area (Å²) in [5.41, 5.74) is 3.08. The van der Waals surface area contributed by atoms with E-state index in [1.54, 1.807) is 37.3 Å². The molecule has 0 amide bonds. The van der Waals surface area contributed by atoms with Crippen LogP contribution in [-0.2, 0) is 14.8 Å². The Bertz CT molecular complexity index is 908. The van der Waals surface area contributed by atoms with Crippen LogP contribution in [0.2, 0.25) is 0 Å². The first-order valence-corrected chi connectivity index (χ1v) is 9.92. The topological polar surface area (TPSA) is 84.5 Å². The number of carbonyl (C=O) groups excluding carboxylic acids is 1. The second-order valence-electron chi connectivity index (χ2n) is 5.86. The maximum absolute atomic E-state index is 12.8. The Morgan fingerprint density at radius 3 is 2.35 bits per heavy atom. The van der Waals surface area contributed by atoms with Crippen LogP contribution in [0.5, 0.6) is 0 Å². The molecule has 140 valence electrons. The zero-order chi connectivity index (χ0) is 19.3. The van der Waals surface area contributed by atoms with Gasteiger partial charge < -0.3 is 10.1 Å². The summed E-state index contributed by atoms with van der Waals surface area (Å²) in [7, 11) is -3.79. The first-order valence-electron chi connectivity index (χ1n) is 8.43. The Labute approximate surface area is 154 Å². The number of carbonyl (C=O) groups is 1. The summed E-state index contributed by atoms with van der Waals surface area (Å²) in [6, 6.07) is 9.70. The van der Waals surface area contributed by atoms with Crippen LogP contribution in [-0.4, -0.2) is 27.5 Å². The van der Waals surface area contributed by atoms with Crippen LogP contribution in [0.3, 0.4) is 0 Å². The van der Waals surface area contributed by atoms with Gasteiger partial charge in [-0.2, -0.15) is 0 Å². The van der Waals surface area contributed by atoms with Crippen molar-refractivity contribution in [1.29, 1.82) is 0 Å². The van der Waals surface area contributed by atoms with E-state index in [4.69, 9.17) is 4.74 Å². The minimum atomic E-state index is -3.79. The molecule has 26 heavy (non-hydrogen) atoms. The van der Waals surface area contributed by atoms with Crippen molar-refractivity contribution in [1.82, 2.24) is 0 Å². The van der Waals surface area contributed by atoms with Crippen LogP contribution in [0, 0.1) is 13.8 Å². The Hall–Kier alpha value is -2.54. The predicted octanol–water partition coefficient (Wildman–Crippen LogP) is 3.71. The fourth-order valence-corrected chi connectivity index (χ4v) is 3.55. The van der Waals surface area contributed by atoms with Gasteiger partial charge in [0.25, 0.3) is 10.0 Å². The molecule has 0 aliphatic carbocycles. The van der Waals surface area contributed by atoms with Gasteiger partial charge in [-0.15, -0.1) is 0 Å². The van der Waals surface area contributed by atoms with Gasteiger partial charge in [0.05, 0.1) is 28.4 Å². The lowest BCUT2D eigenvalue weighted by molar-refractivity contribution is 0.0526. The molecule has 6 nitrogen and oxygen atoms in total. The molecule has 2 aromatic carbocycles. The van der Waals surface area contributed by atoms with Gasteiger partial charge in [0.2, 0.25) is 0 Å². The van der Waals surface area contributed by atoms with E-state index in [9.17, 15) is 13.2 Å². The molecule has 0 saturated carbocycles. The molecule has 0 atom stereocenters. The van der Waals surface area contributed by atoms with Crippen LogP contribution in [0.25, 0.3) is 0 Å². The van der Waals surface area contributed by atoms with Crippen LogP contribution in [0.1, 0.15) is 35.3 Å². The Morgan fingerprint density at radius 1 is 1.00 bits per heavy atom. The zero-order valence-electron chi connectivity index (χ0n) is 15.4. The van der Waals surface area contributed by atoms with Crippen LogP contribution in [0.15, 0.2) is 41.3 Å². The quantitative estimate of drug-likeness (QED) is 0.720. The molecule has 0 fully saturated rings. The lowest BCUT2D eigenvalue weighted by Crippen LogP contribution is -2.16. The second kappa shape index (κ2) is 8.23. The summed E-state index contributed by atoms with van der Waals surface area (Å²) < 4.78 is 33.1. The number of aryl methyl sites for hydroxylation is 2. The SMILES string of the molecule is CCNc1ccc(C(=O)OCC)cc1NS(=O)(=O)c1ccc(C)c(C)c1. The van der Waals surface area contributed by atoms with Crippen molar-refractivity contribution in [2.45, 2.75) is 32.6 Å². The lowest BCUT2D eigenvalue weighted by Gasteiger charge is -2.15. The lowest BCUT2D eigenvalue weighted by atomic mass is 10.1. The molecule has 0 bridgehead atoms. The van der Waals surface area contributed by atoms with Gasteiger partial charge in [-0.3, -0.25) is 4.72 Å². The maximum Gasteiger partial charge on any atom is 0.338 e. The molecule has 0 radical (unpaired) electrons. The van der Waals surface area contributed by atoms with Crippen LogP contribution < -0.4 is 10.0 Å². The zero-order valence-corrected chi connectivity index (χ0v) is 16.2. The highest BCUT2D eigenvalue weighted by molar-refractivity contribution is 7.92. The van der Waals surface area contributed by atoms with Crippen molar-refractivity contribution in [3.8, 4) is 0 Å². The fourth-order valence-electron chi connectivity index (χ4n) is 2.40. The van der Waals surface area contributed by atoms with Crippen molar-refractivity contribution in [2.75, 3.05) is 23.2 Å². The molecule has 0 aliphatic rings. The number of esters is 1. The normalized spacial score (nSPS) is 11.1. The molecule has 0 spiro atoms. The van der Waals surface area contributed by atoms with E-state index in [0.29, 0.717) is 17.9 Å². The molecule has 0 aliphatic heterocycles. The van der Waals surface area contributed by atoms with Crippen molar-refractivity contribution in [2.24, 2.45) is 0 Å².